The van der Waals surface area contributed by atoms with Crippen molar-refractivity contribution in [1.29, 1.82) is 0 Å². The molecule has 0 saturated heterocycles. The molecule has 1 unspecified atom stereocenters. The van der Waals surface area contributed by atoms with E-state index in [1.807, 2.05) is 54.3 Å². The number of nitrogens with one attached hydrogen (secondary N) is 1. The summed E-state index contributed by atoms with van der Waals surface area (Å²) >= 11 is 0. The van der Waals surface area contributed by atoms with Gasteiger partial charge in [0.2, 0.25) is 0 Å². The van der Waals surface area contributed by atoms with E-state index in [1.165, 1.54) is 0 Å². The Morgan fingerprint density at radius 2 is 2.00 bits per heavy atom. The maximum atomic E-state index is 13.1. The fourth-order valence-corrected chi connectivity index (χ4v) is 3.29. The van der Waals surface area contributed by atoms with E-state index in [-0.39, 0.29) is 12.1 Å². The number of amides is 1. The molecule has 1 atom stereocenters. The first-order chi connectivity index (χ1) is 13.5. The number of anilines is 1. The number of ether oxygens (including phenoxy) is 2. The van der Waals surface area contributed by atoms with Crippen LogP contribution in [-0.2, 0) is 0 Å². The third kappa shape index (κ3) is 4.14. The molecule has 1 heterocycles. The minimum absolute atomic E-state index is 0.0503. The number of carbonyl (C=O) groups is 1. The predicted octanol–water partition coefficient (Wildman–Crippen LogP) is 5.02. The number of unbranched alkanes of at least 4 members (excludes halogenated alkanes) is 1. The van der Waals surface area contributed by atoms with Gasteiger partial charge >= 0.3 is 0 Å². The van der Waals surface area contributed by atoms with Gasteiger partial charge in [0, 0.05) is 12.2 Å². The number of hydrogen-bond donors (Lipinski definition) is 1. The smallest absolute Gasteiger partial charge is 0.257 e. The Kier molecular flexibility index (Phi) is 6.24. The second kappa shape index (κ2) is 8.83. The molecule has 0 radical (unpaired) electrons. The van der Waals surface area contributed by atoms with Crippen LogP contribution in [0.5, 0.6) is 11.5 Å². The zero-order chi connectivity index (χ0) is 20.1. The Hall–Kier alpha value is -2.95. The summed E-state index contributed by atoms with van der Waals surface area (Å²) in [6.07, 6.45) is 1.72. The van der Waals surface area contributed by atoms with Crippen molar-refractivity contribution in [3.8, 4) is 11.5 Å². The zero-order valence-electron chi connectivity index (χ0n) is 16.8. The standard InChI is InChI=1S/C23H28N2O3/c1-5-6-13-25-22(24-19-10-8-7-9-18(19)23(25)26)17-11-12-20(21(14-17)27-4)28-15-16(2)3/h7-12,14,22,24H,2,5-6,13,15H2,1,3-4H3. The Morgan fingerprint density at radius 3 is 2.71 bits per heavy atom. The maximum absolute atomic E-state index is 13.1. The number of nitrogens with zero attached hydrogens (tertiary/aromatic N) is 1. The lowest BCUT2D eigenvalue weighted by Gasteiger charge is -2.38. The highest BCUT2D eigenvalue weighted by molar-refractivity contribution is 6.01. The molecule has 1 N–H and O–H groups in total. The van der Waals surface area contributed by atoms with Crippen LogP contribution in [0.2, 0.25) is 0 Å². The average Bonchev–Trinajstić information content (AvgIpc) is 2.71. The van der Waals surface area contributed by atoms with Gasteiger partial charge < -0.3 is 19.7 Å². The lowest BCUT2D eigenvalue weighted by molar-refractivity contribution is 0.0680. The van der Waals surface area contributed by atoms with Crippen LogP contribution < -0.4 is 14.8 Å². The molecule has 1 aliphatic heterocycles. The van der Waals surface area contributed by atoms with Crippen LogP contribution in [0, 0.1) is 0 Å². The van der Waals surface area contributed by atoms with Crippen LogP contribution in [0.3, 0.4) is 0 Å². The molecule has 148 valence electrons. The molecule has 0 spiro atoms. The van der Waals surface area contributed by atoms with E-state index in [2.05, 4.69) is 18.8 Å². The summed E-state index contributed by atoms with van der Waals surface area (Å²) in [5.74, 6) is 1.36. The molecule has 1 aliphatic rings. The molecule has 5 heteroatoms. The number of rotatable bonds is 8. The quantitative estimate of drug-likeness (QED) is 0.654. The Morgan fingerprint density at radius 1 is 1.21 bits per heavy atom. The van der Waals surface area contributed by atoms with Crippen LogP contribution >= 0.6 is 0 Å². The van der Waals surface area contributed by atoms with Crippen molar-refractivity contribution in [3.63, 3.8) is 0 Å². The number of hydrogen-bond acceptors (Lipinski definition) is 4. The number of para-hydroxylation sites is 1. The molecule has 2 aromatic rings. The van der Waals surface area contributed by atoms with E-state index in [9.17, 15) is 4.79 Å². The number of benzene rings is 2. The number of methoxy groups -OCH3 is 1. The first-order valence-corrected chi connectivity index (χ1v) is 9.66. The van der Waals surface area contributed by atoms with E-state index < -0.39 is 0 Å². The first-order valence-electron chi connectivity index (χ1n) is 9.66. The molecule has 0 fully saturated rings. The summed E-state index contributed by atoms with van der Waals surface area (Å²) in [4.78, 5) is 15.0. The largest absolute Gasteiger partial charge is 0.493 e. The zero-order valence-corrected chi connectivity index (χ0v) is 16.8. The highest BCUT2D eigenvalue weighted by atomic mass is 16.5. The van der Waals surface area contributed by atoms with Crippen molar-refractivity contribution >= 4 is 11.6 Å². The second-order valence-electron chi connectivity index (χ2n) is 7.10. The van der Waals surface area contributed by atoms with Gasteiger partial charge in [0.05, 0.1) is 12.7 Å². The third-order valence-electron chi connectivity index (χ3n) is 4.75. The van der Waals surface area contributed by atoms with Crippen LogP contribution in [0.4, 0.5) is 5.69 Å². The van der Waals surface area contributed by atoms with Crippen LogP contribution in [0.25, 0.3) is 0 Å². The lowest BCUT2D eigenvalue weighted by atomic mass is 10.0. The van der Waals surface area contributed by atoms with E-state index in [4.69, 9.17) is 9.47 Å². The Bertz CT molecular complexity index is 863. The van der Waals surface area contributed by atoms with Gasteiger partial charge in [-0.3, -0.25) is 4.79 Å². The Balaban J connectivity index is 1.95. The molecular formula is C23H28N2O3. The number of carbonyl (C=O) groups excluding carboxylic acids is 1. The minimum Gasteiger partial charge on any atom is -0.493 e. The molecule has 3 rings (SSSR count). The van der Waals surface area contributed by atoms with Gasteiger partial charge in [-0.2, -0.15) is 0 Å². The molecule has 28 heavy (non-hydrogen) atoms. The van der Waals surface area contributed by atoms with Gasteiger partial charge in [0.15, 0.2) is 11.5 Å². The lowest BCUT2D eigenvalue weighted by Crippen LogP contribution is -2.43. The van der Waals surface area contributed by atoms with E-state index in [1.54, 1.807) is 7.11 Å². The van der Waals surface area contributed by atoms with Crippen LogP contribution in [0.15, 0.2) is 54.6 Å². The van der Waals surface area contributed by atoms with E-state index >= 15 is 0 Å². The van der Waals surface area contributed by atoms with Gasteiger partial charge in [-0.05, 0) is 48.7 Å². The fourth-order valence-electron chi connectivity index (χ4n) is 3.29. The van der Waals surface area contributed by atoms with Gasteiger partial charge in [0.25, 0.3) is 5.91 Å². The van der Waals surface area contributed by atoms with Crippen molar-refractivity contribution in [2.24, 2.45) is 0 Å². The van der Waals surface area contributed by atoms with Gasteiger partial charge in [-0.25, -0.2) is 0 Å². The van der Waals surface area contributed by atoms with Crippen LogP contribution in [0.1, 0.15) is 48.8 Å². The summed E-state index contributed by atoms with van der Waals surface area (Å²) in [6, 6.07) is 13.5. The molecular weight excluding hydrogens is 352 g/mol. The van der Waals surface area contributed by atoms with Crippen molar-refractivity contribution in [2.45, 2.75) is 32.9 Å². The van der Waals surface area contributed by atoms with Gasteiger partial charge in [-0.15, -0.1) is 0 Å². The third-order valence-corrected chi connectivity index (χ3v) is 4.75. The molecule has 0 aliphatic carbocycles. The highest BCUT2D eigenvalue weighted by Gasteiger charge is 2.32. The molecule has 0 bridgehead atoms. The van der Waals surface area contributed by atoms with Crippen molar-refractivity contribution in [1.82, 2.24) is 4.90 Å². The molecule has 5 nitrogen and oxygen atoms in total. The average molecular weight is 380 g/mol. The van der Waals surface area contributed by atoms with Gasteiger partial charge in [-0.1, -0.05) is 38.1 Å². The molecule has 0 aromatic heterocycles. The minimum atomic E-state index is -0.252. The highest BCUT2D eigenvalue weighted by Crippen LogP contribution is 2.37. The van der Waals surface area contributed by atoms with Crippen molar-refractivity contribution in [3.05, 3.63) is 65.7 Å². The predicted molar refractivity (Wildman–Crippen MR) is 112 cm³/mol. The summed E-state index contributed by atoms with van der Waals surface area (Å²) in [7, 11) is 1.62. The van der Waals surface area contributed by atoms with E-state index in [0.29, 0.717) is 30.2 Å². The topological polar surface area (TPSA) is 50.8 Å². The SMILES string of the molecule is C=C(C)COc1ccc(C2Nc3ccccc3C(=O)N2CCCC)cc1OC. The first kappa shape index (κ1) is 19.8. The summed E-state index contributed by atoms with van der Waals surface area (Å²) in [5.41, 5.74) is 3.46. The summed E-state index contributed by atoms with van der Waals surface area (Å²) in [5, 5.41) is 3.52. The maximum Gasteiger partial charge on any atom is 0.257 e. The summed E-state index contributed by atoms with van der Waals surface area (Å²) < 4.78 is 11.3. The molecule has 2 aromatic carbocycles. The van der Waals surface area contributed by atoms with E-state index in [0.717, 1.165) is 29.7 Å². The van der Waals surface area contributed by atoms with Gasteiger partial charge in [0.1, 0.15) is 12.8 Å². The Labute approximate surface area is 167 Å². The summed E-state index contributed by atoms with van der Waals surface area (Å²) in [6.45, 7) is 9.04. The normalized spacial score (nSPS) is 15.6. The van der Waals surface area contributed by atoms with Crippen LogP contribution in [-0.4, -0.2) is 31.1 Å². The van der Waals surface area contributed by atoms with Crippen molar-refractivity contribution in [2.75, 3.05) is 25.6 Å². The molecule has 1 amide bonds. The molecule has 0 saturated carbocycles. The second-order valence-corrected chi connectivity index (χ2v) is 7.10. The fraction of sp³-hybridized carbons (Fsp3) is 0.348. The van der Waals surface area contributed by atoms with Crippen molar-refractivity contribution < 1.29 is 14.3 Å². The number of fused-ring (bicyclic) bond motifs is 1. The monoisotopic (exact) mass is 380 g/mol.